The number of rotatable bonds is 6. The van der Waals surface area contributed by atoms with Crippen LogP contribution in [0.5, 0.6) is 0 Å². The van der Waals surface area contributed by atoms with Crippen molar-refractivity contribution in [2.24, 2.45) is 0 Å². The molecule has 0 aromatic heterocycles. The van der Waals surface area contributed by atoms with Crippen molar-refractivity contribution in [2.45, 2.75) is 45.1 Å². The zero-order valence-corrected chi connectivity index (χ0v) is 9.74. The molecule has 86 valence electrons. The molecule has 1 fully saturated rings. The number of morpholine rings is 1. The maximum absolute atomic E-state index is 9.10. The molecule has 0 bridgehead atoms. The van der Waals surface area contributed by atoms with Gasteiger partial charge in [0.25, 0.3) is 0 Å². The van der Waals surface area contributed by atoms with Gasteiger partial charge in [0.05, 0.1) is 25.3 Å². The lowest BCUT2D eigenvalue weighted by Gasteiger charge is -2.30. The van der Waals surface area contributed by atoms with Gasteiger partial charge in [-0.2, -0.15) is 5.26 Å². The van der Waals surface area contributed by atoms with Crippen molar-refractivity contribution in [2.75, 3.05) is 26.3 Å². The number of nitrogens with zero attached hydrogens (tertiary/aromatic N) is 2. The first kappa shape index (κ1) is 12.5. The van der Waals surface area contributed by atoms with Crippen LogP contribution in [0.25, 0.3) is 0 Å². The molecule has 1 saturated heterocycles. The Hall–Kier alpha value is -0.590. The lowest BCUT2D eigenvalue weighted by molar-refractivity contribution is 0.0251. The van der Waals surface area contributed by atoms with E-state index in [1.165, 1.54) is 25.7 Å². The third kappa shape index (κ3) is 4.63. The second-order valence-electron chi connectivity index (χ2n) is 4.14. The molecule has 0 aromatic carbocycles. The smallest absolute Gasteiger partial charge is 0.0979 e. The van der Waals surface area contributed by atoms with Crippen LogP contribution < -0.4 is 0 Å². The minimum Gasteiger partial charge on any atom is -0.379 e. The van der Waals surface area contributed by atoms with Crippen molar-refractivity contribution in [3.8, 4) is 6.07 Å². The minimum absolute atomic E-state index is 0.116. The van der Waals surface area contributed by atoms with Crippen LogP contribution in [0.2, 0.25) is 0 Å². The van der Waals surface area contributed by atoms with Crippen LogP contribution in [0.4, 0.5) is 0 Å². The van der Waals surface area contributed by atoms with Gasteiger partial charge in [-0.3, -0.25) is 4.90 Å². The third-order valence-corrected chi connectivity index (χ3v) is 2.97. The van der Waals surface area contributed by atoms with E-state index in [0.717, 1.165) is 32.7 Å². The van der Waals surface area contributed by atoms with E-state index in [-0.39, 0.29) is 6.04 Å². The van der Waals surface area contributed by atoms with E-state index in [2.05, 4.69) is 17.9 Å². The van der Waals surface area contributed by atoms with Gasteiger partial charge in [-0.05, 0) is 6.42 Å². The van der Waals surface area contributed by atoms with E-state index in [4.69, 9.17) is 10.00 Å². The fourth-order valence-electron chi connectivity index (χ4n) is 1.98. The largest absolute Gasteiger partial charge is 0.379 e. The molecule has 1 aliphatic rings. The number of hydrogen-bond acceptors (Lipinski definition) is 3. The first-order chi connectivity index (χ1) is 7.38. The van der Waals surface area contributed by atoms with E-state index in [1.54, 1.807) is 0 Å². The highest BCUT2D eigenvalue weighted by Crippen LogP contribution is 2.12. The average molecular weight is 210 g/mol. The molecule has 0 N–H and O–H groups in total. The fourth-order valence-corrected chi connectivity index (χ4v) is 1.98. The van der Waals surface area contributed by atoms with E-state index < -0.39 is 0 Å². The van der Waals surface area contributed by atoms with E-state index in [9.17, 15) is 0 Å². The SMILES string of the molecule is CCCCCCC(C#N)N1CCOCC1. The Morgan fingerprint density at radius 2 is 2.00 bits per heavy atom. The highest BCUT2D eigenvalue weighted by Gasteiger charge is 2.19. The molecule has 3 heteroatoms. The summed E-state index contributed by atoms with van der Waals surface area (Å²) in [6.07, 6.45) is 6.02. The number of nitriles is 1. The Bertz CT molecular complexity index is 194. The van der Waals surface area contributed by atoms with Crippen molar-refractivity contribution >= 4 is 0 Å². The summed E-state index contributed by atoms with van der Waals surface area (Å²) in [5, 5.41) is 9.10. The Morgan fingerprint density at radius 3 is 2.60 bits per heavy atom. The summed E-state index contributed by atoms with van der Waals surface area (Å²) < 4.78 is 5.29. The fraction of sp³-hybridized carbons (Fsp3) is 0.917. The van der Waals surface area contributed by atoms with E-state index in [0.29, 0.717) is 0 Å². The summed E-state index contributed by atoms with van der Waals surface area (Å²) in [5.74, 6) is 0. The molecule has 1 heterocycles. The standard InChI is InChI=1S/C12H22N2O/c1-2-3-4-5-6-12(11-13)14-7-9-15-10-8-14/h12H,2-10H2,1H3. The number of unbranched alkanes of at least 4 members (excludes halogenated alkanes) is 3. The number of ether oxygens (including phenoxy) is 1. The molecule has 3 nitrogen and oxygen atoms in total. The van der Waals surface area contributed by atoms with Gasteiger partial charge in [-0.25, -0.2) is 0 Å². The maximum atomic E-state index is 9.10. The molecule has 1 aliphatic heterocycles. The summed E-state index contributed by atoms with van der Waals surface area (Å²) in [6, 6.07) is 2.54. The van der Waals surface area contributed by atoms with Crippen molar-refractivity contribution in [1.82, 2.24) is 4.90 Å². The molecule has 0 radical (unpaired) electrons. The molecule has 0 spiro atoms. The maximum Gasteiger partial charge on any atom is 0.0979 e. The summed E-state index contributed by atoms with van der Waals surface area (Å²) in [7, 11) is 0. The van der Waals surface area contributed by atoms with Crippen LogP contribution >= 0.6 is 0 Å². The highest BCUT2D eigenvalue weighted by atomic mass is 16.5. The third-order valence-electron chi connectivity index (χ3n) is 2.97. The van der Waals surface area contributed by atoms with Crippen LogP contribution in [-0.4, -0.2) is 37.2 Å². The molecule has 0 aliphatic carbocycles. The predicted octanol–water partition coefficient (Wildman–Crippen LogP) is 2.18. The summed E-state index contributed by atoms with van der Waals surface area (Å²) in [5.41, 5.74) is 0. The van der Waals surface area contributed by atoms with Crippen LogP contribution in [0.1, 0.15) is 39.0 Å². The molecule has 1 unspecified atom stereocenters. The van der Waals surface area contributed by atoms with E-state index >= 15 is 0 Å². The van der Waals surface area contributed by atoms with Crippen LogP contribution in [0.15, 0.2) is 0 Å². The summed E-state index contributed by atoms with van der Waals surface area (Å²) in [4.78, 5) is 2.26. The molecule has 1 rings (SSSR count). The second-order valence-corrected chi connectivity index (χ2v) is 4.14. The monoisotopic (exact) mass is 210 g/mol. The van der Waals surface area contributed by atoms with Crippen molar-refractivity contribution in [1.29, 1.82) is 5.26 Å². The van der Waals surface area contributed by atoms with Crippen molar-refractivity contribution in [3.63, 3.8) is 0 Å². The van der Waals surface area contributed by atoms with Gasteiger partial charge < -0.3 is 4.74 Å². The van der Waals surface area contributed by atoms with Crippen molar-refractivity contribution < 1.29 is 4.74 Å². The molecular weight excluding hydrogens is 188 g/mol. The lowest BCUT2D eigenvalue weighted by atomic mass is 10.1. The van der Waals surface area contributed by atoms with Crippen LogP contribution in [0, 0.1) is 11.3 Å². The van der Waals surface area contributed by atoms with Gasteiger partial charge in [0.15, 0.2) is 0 Å². The molecule has 0 saturated carbocycles. The Labute approximate surface area is 93.0 Å². The number of hydrogen-bond donors (Lipinski definition) is 0. The van der Waals surface area contributed by atoms with Gasteiger partial charge in [-0.15, -0.1) is 0 Å². The van der Waals surface area contributed by atoms with Crippen LogP contribution in [0.3, 0.4) is 0 Å². The first-order valence-electron chi connectivity index (χ1n) is 6.10. The molecule has 1 atom stereocenters. The average Bonchev–Trinajstić information content (AvgIpc) is 2.30. The lowest BCUT2D eigenvalue weighted by Crippen LogP contribution is -2.42. The van der Waals surface area contributed by atoms with Gasteiger partial charge >= 0.3 is 0 Å². The quantitative estimate of drug-likeness (QED) is 0.630. The van der Waals surface area contributed by atoms with Gasteiger partial charge in [0.2, 0.25) is 0 Å². The predicted molar refractivity (Wildman–Crippen MR) is 60.6 cm³/mol. The zero-order chi connectivity index (χ0) is 10.9. The molecule has 0 aromatic rings. The summed E-state index contributed by atoms with van der Waals surface area (Å²) >= 11 is 0. The van der Waals surface area contributed by atoms with Gasteiger partial charge in [0, 0.05) is 13.1 Å². The van der Waals surface area contributed by atoms with E-state index in [1.807, 2.05) is 0 Å². The molecular formula is C12H22N2O. The topological polar surface area (TPSA) is 36.3 Å². The molecule has 15 heavy (non-hydrogen) atoms. The second kappa shape index (κ2) is 7.67. The molecule has 0 amide bonds. The Morgan fingerprint density at radius 1 is 1.27 bits per heavy atom. The Balaban J connectivity index is 2.19. The Kier molecular flexibility index (Phi) is 6.38. The minimum atomic E-state index is 0.116. The zero-order valence-electron chi connectivity index (χ0n) is 9.74. The van der Waals surface area contributed by atoms with Crippen LogP contribution in [-0.2, 0) is 4.74 Å². The van der Waals surface area contributed by atoms with Gasteiger partial charge in [0.1, 0.15) is 0 Å². The normalized spacial score (nSPS) is 19.7. The highest BCUT2D eigenvalue weighted by molar-refractivity contribution is 4.92. The van der Waals surface area contributed by atoms with Crippen molar-refractivity contribution in [3.05, 3.63) is 0 Å². The first-order valence-corrected chi connectivity index (χ1v) is 6.10. The summed E-state index contributed by atoms with van der Waals surface area (Å²) in [6.45, 7) is 5.63. The van der Waals surface area contributed by atoms with Gasteiger partial charge in [-0.1, -0.05) is 32.6 Å².